The summed E-state index contributed by atoms with van der Waals surface area (Å²) in [5, 5.41) is 9.92. The summed E-state index contributed by atoms with van der Waals surface area (Å²) in [7, 11) is 0. The second kappa shape index (κ2) is 8.18. The third kappa shape index (κ3) is 5.76. The number of ketones is 1. The number of aryl methyl sites for hydroxylation is 1. The van der Waals surface area contributed by atoms with E-state index >= 15 is 0 Å². The third-order valence-electron chi connectivity index (χ3n) is 3.31. The van der Waals surface area contributed by atoms with E-state index in [1.165, 1.54) is 5.56 Å². The molecular formula is C19H20O2. The van der Waals surface area contributed by atoms with Gasteiger partial charge in [0, 0.05) is 6.42 Å². The molecule has 0 heterocycles. The van der Waals surface area contributed by atoms with E-state index in [2.05, 4.69) is 0 Å². The van der Waals surface area contributed by atoms with Crippen molar-refractivity contribution in [3.8, 4) is 0 Å². The van der Waals surface area contributed by atoms with Crippen molar-refractivity contribution in [2.24, 2.45) is 0 Å². The molecule has 2 aromatic rings. The van der Waals surface area contributed by atoms with E-state index in [1.807, 2.05) is 60.7 Å². The molecule has 2 heteroatoms. The minimum absolute atomic E-state index is 0.0422. The maximum absolute atomic E-state index is 11.8. The Morgan fingerprint density at radius 2 is 1.62 bits per heavy atom. The van der Waals surface area contributed by atoms with Gasteiger partial charge < -0.3 is 5.11 Å². The zero-order chi connectivity index (χ0) is 14.9. The number of allylic oxidation sites excluding steroid dienone is 1. The van der Waals surface area contributed by atoms with Crippen LogP contribution in [0.15, 0.2) is 66.7 Å². The topological polar surface area (TPSA) is 37.3 Å². The molecular weight excluding hydrogens is 260 g/mol. The molecule has 1 N–H and O–H groups in total. The Morgan fingerprint density at radius 3 is 2.29 bits per heavy atom. The van der Waals surface area contributed by atoms with Gasteiger partial charge in [-0.05, 0) is 30.0 Å². The van der Waals surface area contributed by atoms with Gasteiger partial charge in [0.1, 0.15) is 0 Å². The fraction of sp³-hybridized carbons (Fsp3) is 0.211. The lowest BCUT2D eigenvalue weighted by Crippen LogP contribution is -2.12. The Balaban J connectivity index is 1.76. The van der Waals surface area contributed by atoms with Crippen LogP contribution in [0.3, 0.4) is 0 Å². The van der Waals surface area contributed by atoms with E-state index in [0.29, 0.717) is 6.42 Å². The highest BCUT2D eigenvalue weighted by Crippen LogP contribution is 2.08. The molecule has 0 aliphatic carbocycles. The summed E-state index contributed by atoms with van der Waals surface area (Å²) in [6.07, 6.45) is 4.31. The average Bonchev–Trinajstić information content (AvgIpc) is 2.53. The number of hydrogen-bond donors (Lipinski definition) is 1. The average molecular weight is 280 g/mol. The lowest BCUT2D eigenvalue weighted by molar-refractivity contribution is -0.116. The van der Waals surface area contributed by atoms with Crippen LogP contribution in [0.5, 0.6) is 0 Å². The highest BCUT2D eigenvalue weighted by atomic mass is 16.3. The number of hydrogen-bond acceptors (Lipinski definition) is 2. The van der Waals surface area contributed by atoms with E-state index in [-0.39, 0.29) is 12.2 Å². The minimum Gasteiger partial charge on any atom is -0.393 e. The molecule has 0 aliphatic heterocycles. The summed E-state index contributed by atoms with van der Waals surface area (Å²) in [4.78, 5) is 11.8. The standard InChI is InChI=1S/C19H20O2/c20-18(13-11-16-7-3-1-4-8-16)15-19(21)14-12-17-9-5-2-6-10-17/h1-11,13,19,21H,12,14-15H2. The fourth-order valence-corrected chi connectivity index (χ4v) is 2.13. The molecule has 0 amide bonds. The van der Waals surface area contributed by atoms with Gasteiger partial charge in [-0.2, -0.15) is 0 Å². The van der Waals surface area contributed by atoms with Crippen LogP contribution in [0.25, 0.3) is 6.08 Å². The Hall–Kier alpha value is -2.19. The molecule has 108 valence electrons. The van der Waals surface area contributed by atoms with Crippen molar-refractivity contribution < 1.29 is 9.90 Å². The van der Waals surface area contributed by atoms with Crippen LogP contribution >= 0.6 is 0 Å². The predicted octanol–water partition coefficient (Wildman–Crippen LogP) is 3.65. The van der Waals surface area contributed by atoms with Crippen LogP contribution in [0.4, 0.5) is 0 Å². The molecule has 0 bridgehead atoms. The monoisotopic (exact) mass is 280 g/mol. The van der Waals surface area contributed by atoms with Crippen LogP contribution in [0, 0.1) is 0 Å². The van der Waals surface area contributed by atoms with Crippen molar-refractivity contribution in [2.45, 2.75) is 25.4 Å². The lowest BCUT2D eigenvalue weighted by Gasteiger charge is -2.08. The van der Waals surface area contributed by atoms with Gasteiger partial charge in [-0.25, -0.2) is 0 Å². The van der Waals surface area contributed by atoms with Crippen molar-refractivity contribution >= 4 is 11.9 Å². The van der Waals surface area contributed by atoms with Gasteiger partial charge in [0.15, 0.2) is 5.78 Å². The Morgan fingerprint density at radius 1 is 1.00 bits per heavy atom. The predicted molar refractivity (Wildman–Crippen MR) is 85.9 cm³/mol. The largest absolute Gasteiger partial charge is 0.393 e. The highest BCUT2D eigenvalue weighted by molar-refractivity contribution is 5.93. The van der Waals surface area contributed by atoms with Gasteiger partial charge in [0.2, 0.25) is 0 Å². The fourth-order valence-electron chi connectivity index (χ4n) is 2.13. The van der Waals surface area contributed by atoms with E-state index in [0.717, 1.165) is 12.0 Å². The van der Waals surface area contributed by atoms with E-state index < -0.39 is 6.10 Å². The van der Waals surface area contributed by atoms with Gasteiger partial charge >= 0.3 is 0 Å². The first-order chi connectivity index (χ1) is 10.2. The summed E-state index contributed by atoms with van der Waals surface area (Å²) in [6, 6.07) is 19.7. The molecule has 0 aromatic heterocycles. The number of aliphatic hydroxyl groups excluding tert-OH is 1. The summed E-state index contributed by atoms with van der Waals surface area (Å²) in [6.45, 7) is 0. The molecule has 21 heavy (non-hydrogen) atoms. The second-order valence-corrected chi connectivity index (χ2v) is 5.09. The SMILES string of the molecule is O=C(C=Cc1ccccc1)CC(O)CCc1ccccc1. The molecule has 1 unspecified atom stereocenters. The first-order valence-corrected chi connectivity index (χ1v) is 7.22. The lowest BCUT2D eigenvalue weighted by atomic mass is 10.0. The summed E-state index contributed by atoms with van der Waals surface area (Å²) >= 11 is 0. The quantitative estimate of drug-likeness (QED) is 0.786. The number of rotatable bonds is 7. The van der Waals surface area contributed by atoms with Crippen molar-refractivity contribution in [1.82, 2.24) is 0 Å². The maximum Gasteiger partial charge on any atom is 0.158 e. The van der Waals surface area contributed by atoms with Crippen molar-refractivity contribution in [3.63, 3.8) is 0 Å². The number of carbonyl (C=O) groups is 1. The molecule has 0 fully saturated rings. The molecule has 2 nitrogen and oxygen atoms in total. The highest BCUT2D eigenvalue weighted by Gasteiger charge is 2.08. The molecule has 0 spiro atoms. The Kier molecular flexibility index (Phi) is 5.92. The smallest absolute Gasteiger partial charge is 0.158 e. The van der Waals surface area contributed by atoms with E-state index in [9.17, 15) is 9.90 Å². The molecule has 0 saturated carbocycles. The second-order valence-electron chi connectivity index (χ2n) is 5.09. The molecule has 0 saturated heterocycles. The Bertz CT molecular complexity index is 573. The number of aliphatic hydroxyl groups is 1. The van der Waals surface area contributed by atoms with E-state index in [4.69, 9.17) is 0 Å². The van der Waals surface area contributed by atoms with Gasteiger partial charge in [-0.1, -0.05) is 66.7 Å². The van der Waals surface area contributed by atoms with Gasteiger partial charge in [-0.3, -0.25) is 4.79 Å². The minimum atomic E-state index is -0.585. The summed E-state index contributed by atoms with van der Waals surface area (Å²) < 4.78 is 0. The first-order valence-electron chi connectivity index (χ1n) is 7.22. The van der Waals surface area contributed by atoms with Crippen LogP contribution in [-0.2, 0) is 11.2 Å². The maximum atomic E-state index is 11.8. The van der Waals surface area contributed by atoms with Crippen molar-refractivity contribution in [2.75, 3.05) is 0 Å². The van der Waals surface area contributed by atoms with E-state index in [1.54, 1.807) is 12.2 Å². The van der Waals surface area contributed by atoms with Crippen LogP contribution in [0.2, 0.25) is 0 Å². The normalized spacial score (nSPS) is 12.4. The first kappa shape index (κ1) is 15.2. The van der Waals surface area contributed by atoms with Crippen LogP contribution < -0.4 is 0 Å². The van der Waals surface area contributed by atoms with Crippen molar-refractivity contribution in [1.29, 1.82) is 0 Å². The van der Waals surface area contributed by atoms with Crippen molar-refractivity contribution in [3.05, 3.63) is 77.9 Å². The van der Waals surface area contributed by atoms with Crippen LogP contribution in [-0.4, -0.2) is 17.0 Å². The molecule has 2 aromatic carbocycles. The number of carbonyl (C=O) groups excluding carboxylic acids is 1. The molecule has 1 atom stereocenters. The van der Waals surface area contributed by atoms with Crippen LogP contribution in [0.1, 0.15) is 24.0 Å². The zero-order valence-corrected chi connectivity index (χ0v) is 12.0. The molecule has 0 aliphatic rings. The number of benzene rings is 2. The van der Waals surface area contributed by atoms with Gasteiger partial charge in [0.25, 0.3) is 0 Å². The molecule has 0 radical (unpaired) electrons. The van der Waals surface area contributed by atoms with Gasteiger partial charge in [0.05, 0.1) is 6.10 Å². The Labute approximate surface area is 125 Å². The summed E-state index contributed by atoms with van der Waals surface area (Å²) in [5.41, 5.74) is 2.17. The van der Waals surface area contributed by atoms with Gasteiger partial charge in [-0.15, -0.1) is 0 Å². The molecule has 2 rings (SSSR count). The zero-order valence-electron chi connectivity index (χ0n) is 12.0. The third-order valence-corrected chi connectivity index (χ3v) is 3.31. The summed E-state index contributed by atoms with van der Waals surface area (Å²) in [5.74, 6) is -0.0422.